The van der Waals surface area contributed by atoms with Crippen LogP contribution in [-0.4, -0.2) is 31.8 Å². The molecule has 1 aromatic carbocycles. The summed E-state index contributed by atoms with van der Waals surface area (Å²) in [6, 6.07) is 7.58. The molecule has 0 saturated carbocycles. The van der Waals surface area contributed by atoms with E-state index in [9.17, 15) is 9.90 Å². The Labute approximate surface area is 192 Å². The summed E-state index contributed by atoms with van der Waals surface area (Å²) >= 11 is 24.6. The lowest BCUT2D eigenvalue weighted by molar-refractivity contribution is 0.101. The van der Waals surface area contributed by atoms with E-state index < -0.39 is 12.1 Å². The molecule has 0 spiro atoms. The fraction of sp³-hybridized carbons (Fsp3) is 0.211. The van der Waals surface area contributed by atoms with Gasteiger partial charge in [0.1, 0.15) is 11.9 Å². The minimum atomic E-state index is -1.12. The predicted octanol–water partition coefficient (Wildman–Crippen LogP) is 5.12. The molecule has 0 aliphatic carbocycles. The fourth-order valence-corrected chi connectivity index (χ4v) is 3.67. The van der Waals surface area contributed by atoms with Crippen molar-refractivity contribution in [3.63, 3.8) is 0 Å². The number of pyridine rings is 1. The minimum Gasteiger partial charge on any atom is -0.374 e. The van der Waals surface area contributed by atoms with Crippen molar-refractivity contribution in [2.75, 3.05) is 5.32 Å². The summed E-state index contributed by atoms with van der Waals surface area (Å²) in [5, 5.41) is 21.1. The molecule has 0 saturated heterocycles. The number of aliphatic hydroxyl groups is 1. The highest BCUT2D eigenvalue weighted by atomic mass is 35.5. The van der Waals surface area contributed by atoms with E-state index in [0.29, 0.717) is 10.6 Å². The number of aromatic nitrogens is 3. The number of anilines is 1. The van der Waals surface area contributed by atoms with Gasteiger partial charge < -0.3 is 10.4 Å². The van der Waals surface area contributed by atoms with Crippen LogP contribution < -0.4 is 10.6 Å². The standard InChI is InChI=1S/C19H17Cl4N5O2/c1-9(2)25-18(29)11-6-10(20)7-13(22)16(11)26-19(30)14-8-15(23)27-28(14)17-12(21)4-3-5-24-17/h3-9,18,25,29H,1-2H3,(H,26,30). The van der Waals surface area contributed by atoms with E-state index in [1.807, 2.05) is 13.8 Å². The zero-order chi connectivity index (χ0) is 22.0. The van der Waals surface area contributed by atoms with Crippen LogP contribution in [-0.2, 0) is 0 Å². The van der Waals surface area contributed by atoms with Crippen LogP contribution in [0.25, 0.3) is 5.82 Å². The predicted molar refractivity (Wildman–Crippen MR) is 119 cm³/mol. The van der Waals surface area contributed by atoms with Crippen LogP contribution in [0.15, 0.2) is 36.5 Å². The molecule has 3 N–H and O–H groups in total. The lowest BCUT2D eigenvalue weighted by Crippen LogP contribution is -2.29. The second kappa shape index (κ2) is 9.51. The minimum absolute atomic E-state index is 0.0344. The molecule has 0 bridgehead atoms. The van der Waals surface area contributed by atoms with Crippen molar-refractivity contribution >= 4 is 58.0 Å². The van der Waals surface area contributed by atoms with E-state index in [1.165, 1.54) is 29.1 Å². The molecule has 30 heavy (non-hydrogen) atoms. The number of amides is 1. The molecule has 2 aromatic heterocycles. The number of hydrogen-bond donors (Lipinski definition) is 3. The maximum absolute atomic E-state index is 13.1. The van der Waals surface area contributed by atoms with Gasteiger partial charge in [0, 0.05) is 28.9 Å². The summed E-state index contributed by atoms with van der Waals surface area (Å²) in [4.78, 5) is 17.2. The fourth-order valence-electron chi connectivity index (χ4n) is 2.73. The summed E-state index contributed by atoms with van der Waals surface area (Å²) in [5.74, 6) is -0.349. The van der Waals surface area contributed by atoms with Crippen molar-refractivity contribution < 1.29 is 9.90 Å². The van der Waals surface area contributed by atoms with Gasteiger partial charge in [0.05, 0.1) is 15.7 Å². The Hall–Kier alpha value is -1.87. The van der Waals surface area contributed by atoms with Gasteiger partial charge in [0.25, 0.3) is 5.91 Å². The highest BCUT2D eigenvalue weighted by Gasteiger charge is 2.23. The second-order valence-corrected chi connectivity index (χ2v) is 8.24. The van der Waals surface area contributed by atoms with Crippen molar-refractivity contribution in [1.82, 2.24) is 20.1 Å². The molecule has 0 radical (unpaired) electrons. The van der Waals surface area contributed by atoms with Crippen LogP contribution in [0.3, 0.4) is 0 Å². The third-order valence-corrected chi connectivity index (χ3v) is 4.96. The first-order chi connectivity index (χ1) is 14.2. The molecule has 3 aromatic rings. The van der Waals surface area contributed by atoms with Crippen molar-refractivity contribution in [3.8, 4) is 5.82 Å². The lowest BCUT2D eigenvalue weighted by Gasteiger charge is -2.21. The molecule has 158 valence electrons. The van der Waals surface area contributed by atoms with Crippen LogP contribution in [0.1, 0.15) is 36.1 Å². The molecule has 0 fully saturated rings. The smallest absolute Gasteiger partial charge is 0.274 e. The number of benzene rings is 1. The Morgan fingerprint density at radius 3 is 2.53 bits per heavy atom. The molecule has 0 aliphatic heterocycles. The average Bonchev–Trinajstić information content (AvgIpc) is 3.05. The van der Waals surface area contributed by atoms with Crippen LogP contribution in [0.2, 0.25) is 20.2 Å². The molecule has 11 heteroatoms. The summed E-state index contributed by atoms with van der Waals surface area (Å²) in [5.41, 5.74) is 0.578. The van der Waals surface area contributed by atoms with Crippen LogP contribution in [0, 0.1) is 0 Å². The molecule has 7 nitrogen and oxygen atoms in total. The van der Waals surface area contributed by atoms with Gasteiger partial charge >= 0.3 is 0 Å². The number of halogens is 4. The zero-order valence-electron chi connectivity index (χ0n) is 15.8. The third kappa shape index (κ3) is 5.06. The van der Waals surface area contributed by atoms with E-state index in [2.05, 4.69) is 20.7 Å². The van der Waals surface area contributed by atoms with Gasteiger partial charge in [-0.05, 0) is 38.1 Å². The maximum atomic E-state index is 13.1. The SMILES string of the molecule is CC(C)NC(O)c1cc(Cl)cc(Cl)c1NC(=O)c1cc(Cl)nn1-c1ncccc1Cl. The number of nitrogens with zero attached hydrogens (tertiary/aromatic N) is 3. The highest BCUT2D eigenvalue weighted by Crippen LogP contribution is 2.34. The van der Waals surface area contributed by atoms with Crippen molar-refractivity contribution in [2.24, 2.45) is 0 Å². The van der Waals surface area contributed by atoms with Gasteiger partial charge in [0.2, 0.25) is 0 Å². The Balaban J connectivity index is 2.01. The largest absolute Gasteiger partial charge is 0.374 e. The zero-order valence-corrected chi connectivity index (χ0v) is 18.9. The number of nitrogens with one attached hydrogen (secondary N) is 2. The van der Waals surface area contributed by atoms with Crippen LogP contribution in [0.5, 0.6) is 0 Å². The summed E-state index contributed by atoms with van der Waals surface area (Å²) in [7, 11) is 0. The normalized spacial score (nSPS) is 12.3. The number of aliphatic hydroxyl groups excluding tert-OH is 1. The number of carbonyl (C=O) groups is 1. The average molecular weight is 489 g/mol. The van der Waals surface area contributed by atoms with Gasteiger partial charge in [-0.15, -0.1) is 0 Å². The summed E-state index contributed by atoms with van der Waals surface area (Å²) < 4.78 is 1.23. The molecule has 1 amide bonds. The van der Waals surface area contributed by atoms with E-state index in [1.54, 1.807) is 12.1 Å². The second-order valence-electron chi connectivity index (χ2n) is 6.60. The molecule has 1 unspecified atom stereocenters. The monoisotopic (exact) mass is 487 g/mol. The third-order valence-electron chi connectivity index (χ3n) is 3.96. The maximum Gasteiger partial charge on any atom is 0.274 e. The molecule has 1 atom stereocenters. The number of carbonyl (C=O) groups excluding carboxylic acids is 1. The van der Waals surface area contributed by atoms with E-state index in [4.69, 9.17) is 46.4 Å². The topological polar surface area (TPSA) is 92.1 Å². The lowest BCUT2D eigenvalue weighted by atomic mass is 10.1. The number of hydrogen-bond acceptors (Lipinski definition) is 5. The van der Waals surface area contributed by atoms with Gasteiger partial charge in [-0.3, -0.25) is 10.1 Å². The van der Waals surface area contributed by atoms with E-state index in [-0.39, 0.29) is 38.4 Å². The Morgan fingerprint density at radius 1 is 1.13 bits per heavy atom. The molecular weight excluding hydrogens is 472 g/mol. The molecule has 3 rings (SSSR count). The summed E-state index contributed by atoms with van der Waals surface area (Å²) in [6.07, 6.45) is 0.399. The van der Waals surface area contributed by atoms with Crippen molar-refractivity contribution in [1.29, 1.82) is 0 Å². The Kier molecular flexibility index (Phi) is 7.23. The number of rotatable bonds is 6. The molecular formula is C19H17Cl4N5O2. The van der Waals surface area contributed by atoms with Crippen molar-refractivity contribution in [3.05, 3.63) is 68.0 Å². The van der Waals surface area contributed by atoms with Crippen LogP contribution >= 0.6 is 46.4 Å². The first-order valence-electron chi connectivity index (χ1n) is 8.78. The molecule has 2 heterocycles. The first-order valence-corrected chi connectivity index (χ1v) is 10.3. The van der Waals surface area contributed by atoms with E-state index in [0.717, 1.165) is 0 Å². The summed E-state index contributed by atoms with van der Waals surface area (Å²) in [6.45, 7) is 3.73. The van der Waals surface area contributed by atoms with Crippen molar-refractivity contribution in [2.45, 2.75) is 26.1 Å². The molecule has 0 aliphatic rings. The van der Waals surface area contributed by atoms with Gasteiger partial charge in [-0.25, -0.2) is 9.67 Å². The Morgan fingerprint density at radius 2 is 1.87 bits per heavy atom. The van der Waals surface area contributed by atoms with Gasteiger partial charge in [-0.2, -0.15) is 5.10 Å². The van der Waals surface area contributed by atoms with Gasteiger partial charge in [-0.1, -0.05) is 46.4 Å². The quantitative estimate of drug-likeness (QED) is 0.418. The highest BCUT2D eigenvalue weighted by molar-refractivity contribution is 6.37. The van der Waals surface area contributed by atoms with Gasteiger partial charge in [0.15, 0.2) is 11.0 Å². The van der Waals surface area contributed by atoms with E-state index >= 15 is 0 Å². The first kappa shape index (κ1) is 22.8. The Bertz CT molecular complexity index is 1090. The van der Waals surface area contributed by atoms with Crippen LogP contribution in [0.4, 0.5) is 5.69 Å².